The standard InChI is InChI=1S/C32H48O8/c1-4-7-18-31(37,21-24-14-10-12-16-27(24)39-19-8-5-2)30(36)32(38,29(35)26(34)23-33)22-25-15-11-13-17-28(25)40-20-9-6-3/h4,7,10-17,26,29-30,33-38H,5-6,8-9,18-23H2,1-3H3/b7-4+/t26-,29+,30+,31?,32+/m0/s1. The molecular weight excluding hydrogens is 512 g/mol. The first-order valence-corrected chi connectivity index (χ1v) is 14.3. The topological polar surface area (TPSA) is 140 Å². The van der Waals surface area contributed by atoms with E-state index in [0.717, 1.165) is 25.7 Å². The van der Waals surface area contributed by atoms with Gasteiger partial charge in [0.2, 0.25) is 0 Å². The summed E-state index contributed by atoms with van der Waals surface area (Å²) in [5.74, 6) is 1.01. The SMILES string of the molecule is C/C=C/CC(O)(Cc1ccccc1OCCCC)[C@@H](O)[C@@](O)(Cc1ccccc1OCCCC)[C@H](O)[C@@H](O)CO. The van der Waals surface area contributed by atoms with Crippen molar-refractivity contribution in [2.45, 2.75) is 95.2 Å². The van der Waals surface area contributed by atoms with Crippen LogP contribution in [0.5, 0.6) is 11.5 Å². The van der Waals surface area contributed by atoms with Gasteiger partial charge in [0, 0.05) is 12.8 Å². The van der Waals surface area contributed by atoms with Crippen LogP contribution in [-0.2, 0) is 12.8 Å². The number of allylic oxidation sites excluding steroid dienone is 1. The quantitative estimate of drug-likeness (QED) is 0.114. The van der Waals surface area contributed by atoms with Gasteiger partial charge >= 0.3 is 0 Å². The van der Waals surface area contributed by atoms with Gasteiger partial charge in [-0.25, -0.2) is 0 Å². The lowest BCUT2D eigenvalue weighted by atomic mass is 9.71. The smallest absolute Gasteiger partial charge is 0.126 e. The number of hydrogen-bond acceptors (Lipinski definition) is 8. The Bertz CT molecular complexity index is 1030. The maximum Gasteiger partial charge on any atom is 0.126 e. The zero-order valence-electron chi connectivity index (χ0n) is 24.1. The molecule has 224 valence electrons. The fourth-order valence-corrected chi connectivity index (χ4v) is 4.73. The first-order valence-electron chi connectivity index (χ1n) is 14.3. The number of para-hydroxylation sites is 2. The van der Waals surface area contributed by atoms with Gasteiger partial charge in [-0.15, -0.1) is 0 Å². The highest BCUT2D eigenvalue weighted by Crippen LogP contribution is 2.37. The normalized spacial score (nSPS) is 17.1. The summed E-state index contributed by atoms with van der Waals surface area (Å²) in [6.07, 6.45) is 0.667. The molecule has 2 aromatic rings. The van der Waals surface area contributed by atoms with E-state index in [2.05, 4.69) is 6.92 Å². The summed E-state index contributed by atoms with van der Waals surface area (Å²) in [5, 5.41) is 67.0. The van der Waals surface area contributed by atoms with Crippen LogP contribution in [0.2, 0.25) is 0 Å². The number of unbranched alkanes of at least 4 members (excludes halogenated alkanes) is 2. The van der Waals surface area contributed by atoms with Crippen LogP contribution < -0.4 is 9.47 Å². The van der Waals surface area contributed by atoms with Crippen LogP contribution in [-0.4, -0.2) is 80.0 Å². The molecule has 40 heavy (non-hydrogen) atoms. The Morgan fingerprint density at radius 1 is 0.800 bits per heavy atom. The number of ether oxygens (including phenoxy) is 2. The Hall–Kier alpha value is -2.46. The Morgan fingerprint density at radius 2 is 1.30 bits per heavy atom. The van der Waals surface area contributed by atoms with Crippen LogP contribution in [0, 0.1) is 0 Å². The zero-order chi connectivity index (χ0) is 29.6. The van der Waals surface area contributed by atoms with E-state index in [4.69, 9.17) is 9.47 Å². The van der Waals surface area contributed by atoms with Crippen LogP contribution in [0.25, 0.3) is 0 Å². The van der Waals surface area contributed by atoms with Crippen LogP contribution in [0.1, 0.15) is 64.0 Å². The molecule has 6 N–H and O–H groups in total. The van der Waals surface area contributed by atoms with Gasteiger partial charge in [-0.1, -0.05) is 75.2 Å². The monoisotopic (exact) mass is 560 g/mol. The van der Waals surface area contributed by atoms with Crippen molar-refractivity contribution < 1.29 is 40.1 Å². The van der Waals surface area contributed by atoms with Crippen LogP contribution in [0.15, 0.2) is 60.7 Å². The van der Waals surface area contributed by atoms with Gasteiger partial charge in [0.15, 0.2) is 0 Å². The van der Waals surface area contributed by atoms with Crippen molar-refractivity contribution in [3.63, 3.8) is 0 Å². The Kier molecular flexibility index (Phi) is 14.1. The van der Waals surface area contributed by atoms with E-state index in [-0.39, 0.29) is 19.3 Å². The molecule has 0 aliphatic heterocycles. The maximum absolute atomic E-state index is 12.0. The lowest BCUT2D eigenvalue weighted by molar-refractivity contribution is -0.228. The van der Waals surface area contributed by atoms with Crippen LogP contribution in [0.3, 0.4) is 0 Å². The number of aliphatic hydroxyl groups is 6. The maximum atomic E-state index is 12.0. The summed E-state index contributed by atoms with van der Waals surface area (Å²) in [5.41, 5.74) is -3.37. The molecule has 0 radical (unpaired) electrons. The van der Waals surface area contributed by atoms with Crippen molar-refractivity contribution in [1.82, 2.24) is 0 Å². The number of hydrogen-bond donors (Lipinski definition) is 6. The Balaban J connectivity index is 2.54. The highest BCUT2D eigenvalue weighted by Gasteiger charge is 2.54. The molecule has 0 aliphatic carbocycles. The summed E-state index contributed by atoms with van der Waals surface area (Å²) in [6, 6.07) is 14.1. The van der Waals surface area contributed by atoms with Crippen LogP contribution in [0.4, 0.5) is 0 Å². The Labute approximate surface area is 238 Å². The molecule has 0 aromatic heterocycles. The van der Waals surface area contributed by atoms with Gasteiger partial charge in [0.05, 0.1) is 19.8 Å². The second-order valence-corrected chi connectivity index (χ2v) is 10.4. The summed E-state index contributed by atoms with van der Waals surface area (Å²) in [7, 11) is 0. The molecule has 8 nitrogen and oxygen atoms in total. The third-order valence-electron chi connectivity index (χ3n) is 7.18. The molecule has 0 spiro atoms. The van der Waals surface area contributed by atoms with E-state index in [1.807, 2.05) is 13.0 Å². The molecule has 1 unspecified atom stereocenters. The third-order valence-corrected chi connectivity index (χ3v) is 7.18. The summed E-state index contributed by atoms with van der Waals surface area (Å²) in [6.45, 7) is 5.94. The third kappa shape index (κ3) is 9.03. The predicted molar refractivity (Wildman–Crippen MR) is 156 cm³/mol. The van der Waals surface area contributed by atoms with E-state index >= 15 is 0 Å². The Morgan fingerprint density at radius 3 is 1.77 bits per heavy atom. The molecule has 5 atom stereocenters. The minimum Gasteiger partial charge on any atom is -0.493 e. The fraction of sp³-hybridized carbons (Fsp3) is 0.562. The van der Waals surface area contributed by atoms with Gasteiger partial charge < -0.3 is 40.1 Å². The van der Waals surface area contributed by atoms with E-state index in [0.29, 0.717) is 35.8 Å². The summed E-state index contributed by atoms with van der Waals surface area (Å²) in [4.78, 5) is 0. The molecule has 0 heterocycles. The molecule has 8 heteroatoms. The van der Waals surface area contributed by atoms with Crippen LogP contribution >= 0.6 is 0 Å². The molecule has 0 amide bonds. The minimum absolute atomic E-state index is 0.0626. The van der Waals surface area contributed by atoms with Crippen molar-refractivity contribution in [3.8, 4) is 11.5 Å². The van der Waals surface area contributed by atoms with Gasteiger partial charge in [0.25, 0.3) is 0 Å². The molecule has 0 saturated carbocycles. The average Bonchev–Trinajstić information content (AvgIpc) is 2.96. The summed E-state index contributed by atoms with van der Waals surface area (Å²) >= 11 is 0. The van der Waals surface area contributed by atoms with Gasteiger partial charge in [-0.05, 0) is 49.4 Å². The van der Waals surface area contributed by atoms with Crippen molar-refractivity contribution in [1.29, 1.82) is 0 Å². The molecule has 0 aliphatic rings. The number of benzene rings is 2. The van der Waals surface area contributed by atoms with Crippen molar-refractivity contribution in [2.75, 3.05) is 19.8 Å². The first-order chi connectivity index (χ1) is 19.2. The van der Waals surface area contributed by atoms with Crippen molar-refractivity contribution in [2.24, 2.45) is 0 Å². The molecular formula is C32H48O8. The molecule has 0 saturated heterocycles. The van der Waals surface area contributed by atoms with E-state index in [9.17, 15) is 30.6 Å². The van der Waals surface area contributed by atoms with Crippen molar-refractivity contribution >= 4 is 0 Å². The molecule has 2 aromatic carbocycles. The molecule has 0 fully saturated rings. The van der Waals surface area contributed by atoms with E-state index in [1.54, 1.807) is 61.5 Å². The zero-order valence-corrected chi connectivity index (χ0v) is 24.1. The van der Waals surface area contributed by atoms with E-state index in [1.165, 1.54) is 0 Å². The second kappa shape index (κ2) is 16.7. The lowest BCUT2D eigenvalue weighted by Gasteiger charge is -2.46. The molecule has 2 rings (SSSR count). The highest BCUT2D eigenvalue weighted by molar-refractivity contribution is 5.37. The minimum atomic E-state index is -2.47. The second-order valence-electron chi connectivity index (χ2n) is 10.4. The van der Waals surface area contributed by atoms with E-state index < -0.39 is 36.1 Å². The predicted octanol–water partition coefficient (Wildman–Crippen LogP) is 3.33. The first kappa shape index (κ1) is 33.7. The lowest BCUT2D eigenvalue weighted by Crippen LogP contribution is -2.66. The largest absolute Gasteiger partial charge is 0.493 e. The number of rotatable bonds is 19. The summed E-state index contributed by atoms with van der Waals surface area (Å²) < 4.78 is 11.8. The highest BCUT2D eigenvalue weighted by atomic mass is 16.5. The van der Waals surface area contributed by atoms with Gasteiger partial charge in [-0.3, -0.25) is 0 Å². The van der Waals surface area contributed by atoms with Gasteiger partial charge in [-0.2, -0.15) is 0 Å². The molecule has 0 bridgehead atoms. The van der Waals surface area contributed by atoms with Gasteiger partial charge in [0.1, 0.15) is 41.0 Å². The fourth-order valence-electron chi connectivity index (χ4n) is 4.73. The average molecular weight is 561 g/mol. The number of aliphatic hydroxyl groups excluding tert-OH is 4. The van der Waals surface area contributed by atoms with Crippen molar-refractivity contribution in [3.05, 3.63) is 71.8 Å².